The standard InChI is InChI=1S/C22H16ClF2N3O4S/c1-33(31,32)27-22(30)20-19(15-3-2-8-26-21(15)29)16-10-13(23)4-7-18(16)28(20)11-12-9-14(24)5-6-17(12)25/h2-10H,11H2,1H3,(H,26,29)(H,27,30). The summed E-state index contributed by atoms with van der Waals surface area (Å²) in [4.78, 5) is 28.3. The molecule has 0 fully saturated rings. The highest BCUT2D eigenvalue weighted by Gasteiger charge is 2.27. The van der Waals surface area contributed by atoms with Crippen LogP contribution < -0.4 is 10.3 Å². The Morgan fingerprint density at radius 3 is 2.61 bits per heavy atom. The molecular formula is C22H16ClF2N3O4S. The number of sulfonamides is 1. The number of aromatic amines is 1. The molecule has 0 atom stereocenters. The summed E-state index contributed by atoms with van der Waals surface area (Å²) in [6.45, 7) is -0.320. The molecule has 2 aromatic heterocycles. The van der Waals surface area contributed by atoms with Crippen LogP contribution in [0, 0.1) is 11.6 Å². The number of hydrogen-bond acceptors (Lipinski definition) is 4. The number of hydrogen-bond donors (Lipinski definition) is 2. The number of fused-ring (bicyclic) bond motifs is 1. The fourth-order valence-corrected chi connectivity index (χ4v) is 4.28. The lowest BCUT2D eigenvalue weighted by Gasteiger charge is -2.13. The maximum Gasteiger partial charge on any atom is 0.282 e. The third kappa shape index (κ3) is 4.53. The molecule has 2 N–H and O–H groups in total. The average molecular weight is 492 g/mol. The minimum absolute atomic E-state index is 0.0712. The summed E-state index contributed by atoms with van der Waals surface area (Å²) in [6, 6.07) is 10.5. The van der Waals surface area contributed by atoms with Crippen molar-refractivity contribution in [3.05, 3.63) is 93.0 Å². The van der Waals surface area contributed by atoms with Gasteiger partial charge in [-0.3, -0.25) is 9.59 Å². The number of carbonyl (C=O) groups is 1. The fraction of sp³-hybridized carbons (Fsp3) is 0.0909. The first-order chi connectivity index (χ1) is 15.5. The second kappa shape index (κ2) is 8.45. The Bertz CT molecular complexity index is 1580. The number of amides is 1. The number of H-pyrrole nitrogens is 1. The van der Waals surface area contributed by atoms with Crippen molar-refractivity contribution in [1.82, 2.24) is 14.3 Å². The van der Waals surface area contributed by atoms with Gasteiger partial charge in [0.05, 0.1) is 12.8 Å². The number of rotatable bonds is 5. The molecule has 1 amide bonds. The minimum Gasteiger partial charge on any atom is -0.331 e. The highest BCUT2D eigenvalue weighted by atomic mass is 35.5. The highest BCUT2D eigenvalue weighted by Crippen LogP contribution is 2.36. The third-order valence-electron chi connectivity index (χ3n) is 4.94. The molecule has 2 heterocycles. The lowest BCUT2D eigenvalue weighted by atomic mass is 10.0. The van der Waals surface area contributed by atoms with Gasteiger partial charge in [-0.2, -0.15) is 0 Å². The molecule has 0 aliphatic heterocycles. The van der Waals surface area contributed by atoms with E-state index >= 15 is 0 Å². The van der Waals surface area contributed by atoms with Crippen molar-refractivity contribution in [2.75, 3.05) is 6.26 Å². The van der Waals surface area contributed by atoms with E-state index in [9.17, 15) is 26.8 Å². The van der Waals surface area contributed by atoms with Gasteiger partial charge in [0, 0.05) is 38.8 Å². The van der Waals surface area contributed by atoms with Crippen molar-refractivity contribution in [1.29, 1.82) is 0 Å². The van der Waals surface area contributed by atoms with Crippen molar-refractivity contribution in [2.24, 2.45) is 0 Å². The quantitative estimate of drug-likeness (QED) is 0.445. The second-order valence-corrected chi connectivity index (χ2v) is 9.51. The number of benzene rings is 2. The van der Waals surface area contributed by atoms with Crippen LogP contribution in [0.3, 0.4) is 0 Å². The van der Waals surface area contributed by atoms with Crippen LogP contribution in [0.15, 0.2) is 59.5 Å². The van der Waals surface area contributed by atoms with Gasteiger partial charge < -0.3 is 9.55 Å². The summed E-state index contributed by atoms with van der Waals surface area (Å²) < 4.78 is 55.2. The third-order valence-corrected chi connectivity index (χ3v) is 5.73. The fourth-order valence-electron chi connectivity index (χ4n) is 3.67. The number of aromatic nitrogens is 2. The second-order valence-electron chi connectivity index (χ2n) is 7.32. The van der Waals surface area contributed by atoms with Crippen LogP contribution in [-0.4, -0.2) is 30.1 Å². The highest BCUT2D eigenvalue weighted by molar-refractivity contribution is 7.89. The lowest BCUT2D eigenvalue weighted by molar-refractivity contribution is 0.0974. The smallest absolute Gasteiger partial charge is 0.282 e. The van der Waals surface area contributed by atoms with E-state index in [2.05, 4.69) is 4.98 Å². The van der Waals surface area contributed by atoms with E-state index in [0.717, 1.165) is 24.5 Å². The SMILES string of the molecule is CS(=O)(=O)NC(=O)c1c(-c2ccc[nH]c2=O)c2cc(Cl)ccc2n1Cc1cc(F)ccc1F. The van der Waals surface area contributed by atoms with E-state index in [1.54, 1.807) is 6.07 Å². The molecule has 0 radical (unpaired) electrons. The topological polar surface area (TPSA) is 101 Å². The predicted molar refractivity (Wildman–Crippen MR) is 121 cm³/mol. The first-order valence-electron chi connectivity index (χ1n) is 9.51. The minimum atomic E-state index is -3.99. The molecule has 33 heavy (non-hydrogen) atoms. The Labute approximate surface area is 191 Å². The van der Waals surface area contributed by atoms with Crippen LogP contribution in [0.25, 0.3) is 22.0 Å². The van der Waals surface area contributed by atoms with Gasteiger partial charge in [-0.15, -0.1) is 0 Å². The Morgan fingerprint density at radius 2 is 1.91 bits per heavy atom. The van der Waals surface area contributed by atoms with Crippen LogP contribution in [0.4, 0.5) is 8.78 Å². The first kappa shape index (κ1) is 22.7. The Kier molecular flexibility index (Phi) is 5.81. The molecule has 4 rings (SSSR count). The Balaban J connectivity index is 2.10. The van der Waals surface area contributed by atoms with Crippen LogP contribution in [0.1, 0.15) is 16.1 Å². The zero-order valence-corrected chi connectivity index (χ0v) is 18.6. The number of halogens is 3. The van der Waals surface area contributed by atoms with E-state index in [1.165, 1.54) is 35.0 Å². The lowest BCUT2D eigenvalue weighted by Crippen LogP contribution is -2.32. The molecule has 11 heteroatoms. The molecule has 0 saturated heterocycles. The average Bonchev–Trinajstić information content (AvgIpc) is 3.03. The Hall–Kier alpha value is -3.50. The molecule has 0 saturated carbocycles. The maximum atomic E-state index is 14.5. The number of nitrogens with one attached hydrogen (secondary N) is 2. The van der Waals surface area contributed by atoms with Gasteiger partial charge in [0.15, 0.2) is 0 Å². The van der Waals surface area contributed by atoms with E-state index in [-0.39, 0.29) is 28.9 Å². The monoisotopic (exact) mass is 491 g/mol. The molecule has 0 bridgehead atoms. The summed E-state index contributed by atoms with van der Waals surface area (Å²) in [5.41, 5.74) is -0.308. The van der Waals surface area contributed by atoms with Gasteiger partial charge in [0.1, 0.15) is 17.3 Å². The first-order valence-corrected chi connectivity index (χ1v) is 11.8. The zero-order chi connectivity index (χ0) is 23.9. The van der Waals surface area contributed by atoms with Gasteiger partial charge in [0.25, 0.3) is 11.5 Å². The van der Waals surface area contributed by atoms with Crippen molar-refractivity contribution in [3.8, 4) is 11.1 Å². The molecule has 0 aliphatic carbocycles. The van der Waals surface area contributed by atoms with Gasteiger partial charge in [-0.25, -0.2) is 21.9 Å². The number of nitrogens with zero attached hydrogens (tertiary/aromatic N) is 1. The largest absolute Gasteiger partial charge is 0.331 e. The van der Waals surface area contributed by atoms with Gasteiger partial charge in [0.2, 0.25) is 10.0 Å². The van der Waals surface area contributed by atoms with Crippen LogP contribution in [-0.2, 0) is 16.6 Å². The summed E-state index contributed by atoms with van der Waals surface area (Å²) in [5, 5.41) is 0.648. The van der Waals surface area contributed by atoms with Crippen LogP contribution >= 0.6 is 11.6 Å². The van der Waals surface area contributed by atoms with Crippen molar-refractivity contribution < 1.29 is 22.0 Å². The summed E-state index contributed by atoms with van der Waals surface area (Å²) >= 11 is 6.17. The molecule has 0 spiro atoms. The molecule has 4 aromatic rings. The molecule has 7 nitrogen and oxygen atoms in total. The van der Waals surface area contributed by atoms with E-state index in [4.69, 9.17) is 11.6 Å². The normalized spacial score (nSPS) is 11.6. The van der Waals surface area contributed by atoms with E-state index in [1.807, 2.05) is 4.72 Å². The summed E-state index contributed by atoms with van der Waals surface area (Å²) in [6.07, 6.45) is 2.20. The summed E-state index contributed by atoms with van der Waals surface area (Å²) in [5.74, 6) is -2.45. The molecule has 170 valence electrons. The van der Waals surface area contributed by atoms with Gasteiger partial charge in [-0.05, 0) is 48.5 Å². The predicted octanol–water partition coefficient (Wildman–Crippen LogP) is 3.67. The zero-order valence-electron chi connectivity index (χ0n) is 17.0. The van der Waals surface area contributed by atoms with Crippen molar-refractivity contribution in [2.45, 2.75) is 6.54 Å². The van der Waals surface area contributed by atoms with E-state index in [0.29, 0.717) is 15.9 Å². The molecule has 2 aromatic carbocycles. The van der Waals surface area contributed by atoms with E-state index < -0.39 is 33.1 Å². The molecular weight excluding hydrogens is 476 g/mol. The number of carbonyl (C=O) groups excluding carboxylic acids is 1. The van der Waals surface area contributed by atoms with Gasteiger partial charge >= 0.3 is 0 Å². The Morgan fingerprint density at radius 1 is 1.15 bits per heavy atom. The van der Waals surface area contributed by atoms with Crippen LogP contribution in [0.2, 0.25) is 5.02 Å². The summed E-state index contributed by atoms with van der Waals surface area (Å²) in [7, 11) is -3.99. The van der Waals surface area contributed by atoms with Gasteiger partial charge in [-0.1, -0.05) is 11.6 Å². The maximum absolute atomic E-state index is 14.5. The van der Waals surface area contributed by atoms with Crippen LogP contribution in [0.5, 0.6) is 0 Å². The molecule has 0 unspecified atom stereocenters. The van der Waals surface area contributed by atoms with Crippen molar-refractivity contribution >= 4 is 38.4 Å². The molecule has 0 aliphatic rings. The van der Waals surface area contributed by atoms with Crippen molar-refractivity contribution in [3.63, 3.8) is 0 Å². The number of pyridine rings is 1.